The van der Waals surface area contributed by atoms with Gasteiger partial charge in [0.2, 0.25) is 0 Å². The number of rotatable bonds is 3. The van der Waals surface area contributed by atoms with Gasteiger partial charge in [0.25, 0.3) is 0 Å². The minimum atomic E-state index is -0.955. The SMILES string of the molecule is O=C(O)c1ccc(OC2CCCC2)c2oc3ccccc3c12. The fraction of sp³-hybridized carbons (Fsp3) is 0.278. The fourth-order valence-electron chi connectivity index (χ4n) is 3.26. The van der Waals surface area contributed by atoms with Crippen LogP contribution in [0.1, 0.15) is 36.0 Å². The summed E-state index contributed by atoms with van der Waals surface area (Å²) in [7, 11) is 0. The highest BCUT2D eigenvalue weighted by Gasteiger charge is 2.22. The summed E-state index contributed by atoms with van der Waals surface area (Å²) in [6, 6.07) is 10.8. The van der Waals surface area contributed by atoms with Gasteiger partial charge < -0.3 is 14.3 Å². The van der Waals surface area contributed by atoms with E-state index in [1.165, 1.54) is 12.8 Å². The van der Waals surface area contributed by atoms with Gasteiger partial charge in [0.15, 0.2) is 11.3 Å². The van der Waals surface area contributed by atoms with Crippen molar-refractivity contribution in [3.63, 3.8) is 0 Å². The minimum Gasteiger partial charge on any atom is -0.486 e. The molecule has 0 unspecified atom stereocenters. The number of carboxylic acids is 1. The number of hydrogen-bond donors (Lipinski definition) is 1. The second kappa shape index (κ2) is 5.05. The van der Waals surface area contributed by atoms with E-state index in [-0.39, 0.29) is 11.7 Å². The minimum absolute atomic E-state index is 0.201. The van der Waals surface area contributed by atoms with E-state index in [9.17, 15) is 9.90 Å². The number of fused-ring (bicyclic) bond motifs is 3. The van der Waals surface area contributed by atoms with E-state index in [2.05, 4.69) is 0 Å². The standard InChI is InChI=1S/C18H16O4/c19-18(20)13-9-10-15(21-11-5-1-2-6-11)17-16(13)12-7-3-4-8-14(12)22-17/h3-4,7-11H,1-2,5-6H2,(H,19,20). The van der Waals surface area contributed by atoms with Crippen LogP contribution in [-0.2, 0) is 0 Å². The quantitative estimate of drug-likeness (QED) is 0.767. The molecule has 1 fully saturated rings. The molecule has 4 rings (SSSR count). The summed E-state index contributed by atoms with van der Waals surface area (Å²) in [5, 5.41) is 10.9. The lowest BCUT2D eigenvalue weighted by atomic mass is 10.1. The van der Waals surface area contributed by atoms with Crippen molar-refractivity contribution in [2.24, 2.45) is 0 Å². The van der Waals surface area contributed by atoms with E-state index in [1.54, 1.807) is 12.1 Å². The normalized spacial score (nSPS) is 15.6. The Hall–Kier alpha value is -2.49. The zero-order valence-corrected chi connectivity index (χ0v) is 12.0. The third-order valence-electron chi connectivity index (χ3n) is 4.32. The van der Waals surface area contributed by atoms with Crippen molar-refractivity contribution in [1.29, 1.82) is 0 Å². The molecule has 0 spiro atoms. The molecule has 1 N–H and O–H groups in total. The van der Waals surface area contributed by atoms with Crippen LogP contribution in [0.3, 0.4) is 0 Å². The van der Waals surface area contributed by atoms with Crippen LogP contribution in [-0.4, -0.2) is 17.2 Å². The molecule has 0 aliphatic heterocycles. The number of para-hydroxylation sites is 1. The maximum absolute atomic E-state index is 11.5. The van der Waals surface area contributed by atoms with Gasteiger partial charge in [-0.05, 0) is 43.9 Å². The second-order valence-corrected chi connectivity index (χ2v) is 5.74. The first-order valence-corrected chi connectivity index (χ1v) is 7.58. The largest absolute Gasteiger partial charge is 0.486 e. The maximum Gasteiger partial charge on any atom is 0.336 e. The lowest BCUT2D eigenvalue weighted by Gasteiger charge is -2.13. The molecule has 0 atom stereocenters. The van der Waals surface area contributed by atoms with E-state index >= 15 is 0 Å². The third-order valence-corrected chi connectivity index (χ3v) is 4.32. The number of carboxylic acid groups (broad SMARTS) is 1. The Morgan fingerprint density at radius 2 is 1.91 bits per heavy atom. The van der Waals surface area contributed by atoms with Crippen molar-refractivity contribution in [3.05, 3.63) is 42.0 Å². The summed E-state index contributed by atoms with van der Waals surface area (Å²) >= 11 is 0. The number of hydrogen-bond acceptors (Lipinski definition) is 3. The molecule has 0 saturated heterocycles. The summed E-state index contributed by atoms with van der Waals surface area (Å²) in [4.78, 5) is 11.5. The zero-order chi connectivity index (χ0) is 15.1. The van der Waals surface area contributed by atoms with Crippen molar-refractivity contribution < 1.29 is 19.1 Å². The highest BCUT2D eigenvalue weighted by molar-refractivity contribution is 6.16. The Morgan fingerprint density at radius 1 is 1.14 bits per heavy atom. The highest BCUT2D eigenvalue weighted by atomic mass is 16.5. The molecule has 0 bridgehead atoms. The van der Waals surface area contributed by atoms with Gasteiger partial charge in [-0.3, -0.25) is 0 Å². The van der Waals surface area contributed by atoms with Crippen LogP contribution in [0.2, 0.25) is 0 Å². The van der Waals surface area contributed by atoms with Crippen molar-refractivity contribution in [3.8, 4) is 5.75 Å². The van der Waals surface area contributed by atoms with E-state index in [0.717, 1.165) is 18.2 Å². The molecule has 3 aromatic rings. The first-order valence-electron chi connectivity index (χ1n) is 7.58. The van der Waals surface area contributed by atoms with Gasteiger partial charge >= 0.3 is 5.97 Å². The molecule has 1 saturated carbocycles. The van der Waals surface area contributed by atoms with Gasteiger partial charge in [0, 0.05) is 10.8 Å². The van der Waals surface area contributed by atoms with E-state index < -0.39 is 5.97 Å². The molecule has 1 aliphatic carbocycles. The van der Waals surface area contributed by atoms with E-state index in [0.29, 0.717) is 22.3 Å². The Morgan fingerprint density at radius 3 is 2.68 bits per heavy atom. The van der Waals surface area contributed by atoms with Crippen LogP contribution in [0.5, 0.6) is 5.75 Å². The molecule has 1 aliphatic rings. The van der Waals surface area contributed by atoms with Crippen LogP contribution >= 0.6 is 0 Å². The van der Waals surface area contributed by atoms with Crippen LogP contribution in [0.15, 0.2) is 40.8 Å². The number of furan rings is 1. The van der Waals surface area contributed by atoms with Crippen LogP contribution < -0.4 is 4.74 Å². The molecule has 0 amide bonds. The van der Waals surface area contributed by atoms with Gasteiger partial charge in [-0.1, -0.05) is 18.2 Å². The molecule has 112 valence electrons. The average Bonchev–Trinajstić information content (AvgIpc) is 3.14. The molecule has 0 radical (unpaired) electrons. The molecular weight excluding hydrogens is 280 g/mol. The van der Waals surface area contributed by atoms with E-state index in [1.807, 2.05) is 24.3 Å². The molecule has 1 aromatic heterocycles. The van der Waals surface area contributed by atoms with Gasteiger partial charge in [-0.2, -0.15) is 0 Å². The predicted molar refractivity (Wildman–Crippen MR) is 83.6 cm³/mol. The average molecular weight is 296 g/mol. The predicted octanol–water partition coefficient (Wildman–Crippen LogP) is 4.61. The lowest BCUT2D eigenvalue weighted by Crippen LogP contribution is -2.11. The van der Waals surface area contributed by atoms with Crippen LogP contribution in [0.25, 0.3) is 21.9 Å². The fourth-order valence-corrected chi connectivity index (χ4v) is 3.26. The monoisotopic (exact) mass is 296 g/mol. The number of aromatic carboxylic acids is 1. The summed E-state index contributed by atoms with van der Waals surface area (Å²) in [5.74, 6) is -0.313. The lowest BCUT2D eigenvalue weighted by molar-refractivity contribution is 0.0699. The van der Waals surface area contributed by atoms with E-state index in [4.69, 9.17) is 9.15 Å². The topological polar surface area (TPSA) is 59.7 Å². The van der Waals surface area contributed by atoms with Gasteiger partial charge in [-0.15, -0.1) is 0 Å². The Kier molecular flexibility index (Phi) is 3.03. The van der Waals surface area contributed by atoms with Crippen LogP contribution in [0.4, 0.5) is 0 Å². The third kappa shape index (κ3) is 2.03. The van der Waals surface area contributed by atoms with Crippen molar-refractivity contribution >= 4 is 27.9 Å². The number of ether oxygens (including phenoxy) is 1. The van der Waals surface area contributed by atoms with Gasteiger partial charge in [-0.25, -0.2) is 4.79 Å². The Bertz CT molecular complexity index is 856. The van der Waals surface area contributed by atoms with Crippen molar-refractivity contribution in [2.45, 2.75) is 31.8 Å². The zero-order valence-electron chi connectivity index (χ0n) is 12.0. The van der Waals surface area contributed by atoms with Crippen molar-refractivity contribution in [1.82, 2.24) is 0 Å². The highest BCUT2D eigenvalue weighted by Crippen LogP contribution is 2.38. The van der Waals surface area contributed by atoms with Crippen LogP contribution in [0, 0.1) is 0 Å². The second-order valence-electron chi connectivity index (χ2n) is 5.74. The summed E-state index contributed by atoms with van der Waals surface area (Å²) in [6.45, 7) is 0. The first-order chi connectivity index (χ1) is 10.7. The maximum atomic E-state index is 11.5. The molecule has 4 heteroatoms. The molecule has 2 aromatic carbocycles. The number of benzene rings is 2. The summed E-state index contributed by atoms with van der Waals surface area (Å²) < 4.78 is 12.0. The van der Waals surface area contributed by atoms with Gasteiger partial charge in [0.1, 0.15) is 5.58 Å². The molecule has 4 nitrogen and oxygen atoms in total. The molecular formula is C18H16O4. The number of carbonyl (C=O) groups is 1. The Balaban J connectivity index is 1.95. The Labute approximate surface area is 127 Å². The summed E-state index contributed by atoms with van der Waals surface area (Å²) in [6.07, 6.45) is 4.65. The summed E-state index contributed by atoms with van der Waals surface area (Å²) in [5.41, 5.74) is 1.47. The first kappa shape index (κ1) is 13.2. The molecule has 1 heterocycles. The van der Waals surface area contributed by atoms with Gasteiger partial charge in [0.05, 0.1) is 11.7 Å². The van der Waals surface area contributed by atoms with Crippen molar-refractivity contribution in [2.75, 3.05) is 0 Å². The smallest absolute Gasteiger partial charge is 0.336 e. The molecule has 22 heavy (non-hydrogen) atoms.